The second-order valence-electron chi connectivity index (χ2n) is 5.65. The standard InChI is InChI=1S/C16H22N2O/c1-3-12-7-8-18-15(10-12)16(2,19)14-6-4-5-13(9-14)11-17/h4-6,9,12,15,18-19H,3,7-8,10H2,1-2H3. The van der Waals surface area contributed by atoms with Crippen molar-refractivity contribution in [1.82, 2.24) is 5.32 Å². The van der Waals surface area contributed by atoms with Crippen LogP contribution in [-0.4, -0.2) is 17.7 Å². The molecule has 3 heteroatoms. The summed E-state index contributed by atoms with van der Waals surface area (Å²) in [5.41, 5.74) is 0.488. The van der Waals surface area contributed by atoms with Crippen molar-refractivity contribution >= 4 is 0 Å². The van der Waals surface area contributed by atoms with Crippen LogP contribution in [0.3, 0.4) is 0 Å². The Labute approximate surface area is 115 Å². The zero-order valence-corrected chi connectivity index (χ0v) is 11.7. The first-order valence-corrected chi connectivity index (χ1v) is 7.04. The number of rotatable bonds is 3. The molecule has 19 heavy (non-hydrogen) atoms. The topological polar surface area (TPSA) is 56.0 Å². The van der Waals surface area contributed by atoms with Crippen molar-refractivity contribution in [3.63, 3.8) is 0 Å². The molecule has 3 unspecified atom stereocenters. The van der Waals surface area contributed by atoms with Crippen molar-refractivity contribution in [1.29, 1.82) is 5.26 Å². The molecule has 0 aliphatic carbocycles. The van der Waals surface area contributed by atoms with Gasteiger partial charge in [-0.15, -0.1) is 0 Å². The number of nitrogens with zero attached hydrogens (tertiary/aromatic N) is 1. The fourth-order valence-electron chi connectivity index (χ4n) is 2.90. The van der Waals surface area contributed by atoms with Crippen LogP contribution < -0.4 is 5.32 Å². The second-order valence-corrected chi connectivity index (χ2v) is 5.65. The van der Waals surface area contributed by atoms with Gasteiger partial charge in [0, 0.05) is 6.04 Å². The summed E-state index contributed by atoms with van der Waals surface area (Å²) in [6.45, 7) is 5.01. The van der Waals surface area contributed by atoms with Crippen molar-refractivity contribution in [2.45, 2.75) is 44.8 Å². The van der Waals surface area contributed by atoms with Gasteiger partial charge in [0.2, 0.25) is 0 Å². The lowest BCUT2D eigenvalue weighted by Crippen LogP contribution is -2.51. The number of hydrogen-bond donors (Lipinski definition) is 2. The number of benzene rings is 1. The molecule has 3 atom stereocenters. The fraction of sp³-hybridized carbons (Fsp3) is 0.562. The smallest absolute Gasteiger partial charge is 0.102 e. The van der Waals surface area contributed by atoms with Crippen LogP contribution in [0.5, 0.6) is 0 Å². The average Bonchev–Trinajstić information content (AvgIpc) is 2.47. The zero-order chi connectivity index (χ0) is 13.9. The van der Waals surface area contributed by atoms with E-state index in [2.05, 4.69) is 18.3 Å². The molecule has 3 nitrogen and oxygen atoms in total. The molecule has 1 saturated heterocycles. The monoisotopic (exact) mass is 258 g/mol. The molecular formula is C16H22N2O. The second kappa shape index (κ2) is 5.73. The highest BCUT2D eigenvalue weighted by Crippen LogP contribution is 2.32. The van der Waals surface area contributed by atoms with Gasteiger partial charge in [0.15, 0.2) is 0 Å². The molecule has 0 radical (unpaired) electrons. The summed E-state index contributed by atoms with van der Waals surface area (Å²) in [7, 11) is 0. The lowest BCUT2D eigenvalue weighted by Gasteiger charge is -2.39. The van der Waals surface area contributed by atoms with Crippen LogP contribution >= 0.6 is 0 Å². The summed E-state index contributed by atoms with van der Waals surface area (Å²) in [5.74, 6) is 0.678. The van der Waals surface area contributed by atoms with E-state index < -0.39 is 5.60 Å². The molecule has 1 aliphatic rings. The van der Waals surface area contributed by atoms with Crippen molar-refractivity contribution < 1.29 is 5.11 Å². The average molecular weight is 258 g/mol. The Morgan fingerprint density at radius 2 is 2.32 bits per heavy atom. The molecule has 1 aromatic rings. The minimum Gasteiger partial charge on any atom is -0.384 e. The van der Waals surface area contributed by atoms with Crippen molar-refractivity contribution in [3.8, 4) is 6.07 Å². The third kappa shape index (κ3) is 2.97. The number of nitrogens with one attached hydrogen (secondary N) is 1. The molecule has 2 rings (SSSR count). The molecule has 0 aromatic heterocycles. The summed E-state index contributed by atoms with van der Waals surface area (Å²) in [4.78, 5) is 0. The Kier molecular flexibility index (Phi) is 4.24. The van der Waals surface area contributed by atoms with E-state index in [0.29, 0.717) is 11.5 Å². The SMILES string of the molecule is CCC1CCNC(C(C)(O)c2cccc(C#N)c2)C1. The van der Waals surface area contributed by atoms with Crippen molar-refractivity contribution in [2.24, 2.45) is 5.92 Å². The van der Waals surface area contributed by atoms with Gasteiger partial charge in [0.05, 0.1) is 11.6 Å². The van der Waals surface area contributed by atoms with Crippen LogP contribution in [0.4, 0.5) is 0 Å². The van der Waals surface area contributed by atoms with Gasteiger partial charge in [-0.25, -0.2) is 0 Å². The number of aliphatic hydroxyl groups is 1. The van der Waals surface area contributed by atoms with Gasteiger partial charge in [0.1, 0.15) is 5.60 Å². The molecule has 0 saturated carbocycles. The zero-order valence-electron chi connectivity index (χ0n) is 11.7. The quantitative estimate of drug-likeness (QED) is 0.876. The minimum absolute atomic E-state index is 0.0557. The minimum atomic E-state index is -0.930. The van der Waals surface area contributed by atoms with Crippen LogP contribution in [0, 0.1) is 17.2 Å². The van der Waals surface area contributed by atoms with Crippen LogP contribution in [0.25, 0.3) is 0 Å². The Morgan fingerprint density at radius 3 is 3.00 bits per heavy atom. The van der Waals surface area contributed by atoms with Crippen LogP contribution in [0.15, 0.2) is 24.3 Å². The lowest BCUT2D eigenvalue weighted by molar-refractivity contribution is -0.00310. The van der Waals surface area contributed by atoms with Crippen LogP contribution in [0.2, 0.25) is 0 Å². The first-order valence-electron chi connectivity index (χ1n) is 7.04. The highest BCUT2D eigenvalue weighted by atomic mass is 16.3. The van der Waals surface area contributed by atoms with Gasteiger partial charge in [-0.2, -0.15) is 5.26 Å². The Morgan fingerprint density at radius 1 is 1.53 bits per heavy atom. The van der Waals surface area contributed by atoms with E-state index in [1.807, 2.05) is 19.1 Å². The van der Waals surface area contributed by atoms with E-state index in [9.17, 15) is 5.11 Å². The first kappa shape index (κ1) is 14.0. The van der Waals surface area contributed by atoms with E-state index in [1.165, 1.54) is 6.42 Å². The van der Waals surface area contributed by atoms with Crippen LogP contribution in [-0.2, 0) is 5.60 Å². The largest absolute Gasteiger partial charge is 0.384 e. The first-order chi connectivity index (χ1) is 9.07. The Bertz CT molecular complexity index is 476. The highest BCUT2D eigenvalue weighted by Gasteiger charge is 2.36. The molecule has 1 aromatic carbocycles. The van der Waals surface area contributed by atoms with Gasteiger partial charge in [-0.3, -0.25) is 0 Å². The summed E-state index contributed by atoms with van der Waals surface area (Å²) in [5, 5.41) is 23.3. The molecule has 0 amide bonds. The maximum absolute atomic E-state index is 10.9. The molecule has 0 bridgehead atoms. The fourth-order valence-corrected chi connectivity index (χ4v) is 2.90. The number of piperidine rings is 1. The van der Waals surface area contributed by atoms with Crippen molar-refractivity contribution in [3.05, 3.63) is 35.4 Å². The predicted molar refractivity (Wildman–Crippen MR) is 75.5 cm³/mol. The predicted octanol–water partition coefficient (Wildman–Crippen LogP) is 2.54. The number of hydrogen-bond acceptors (Lipinski definition) is 3. The van der Waals surface area contributed by atoms with E-state index in [-0.39, 0.29) is 6.04 Å². The van der Waals surface area contributed by atoms with Crippen molar-refractivity contribution in [2.75, 3.05) is 6.54 Å². The number of nitriles is 1. The maximum Gasteiger partial charge on any atom is 0.102 e. The van der Waals surface area contributed by atoms with Gasteiger partial charge in [0.25, 0.3) is 0 Å². The van der Waals surface area contributed by atoms with E-state index in [0.717, 1.165) is 24.9 Å². The summed E-state index contributed by atoms with van der Waals surface area (Å²) < 4.78 is 0. The van der Waals surface area contributed by atoms with E-state index >= 15 is 0 Å². The lowest BCUT2D eigenvalue weighted by atomic mass is 9.79. The highest BCUT2D eigenvalue weighted by molar-refractivity contribution is 5.36. The third-order valence-electron chi connectivity index (χ3n) is 4.34. The van der Waals surface area contributed by atoms with Crippen LogP contribution in [0.1, 0.15) is 44.2 Å². The van der Waals surface area contributed by atoms with Gasteiger partial charge < -0.3 is 10.4 Å². The molecule has 1 fully saturated rings. The van der Waals surface area contributed by atoms with Gasteiger partial charge in [-0.05, 0) is 49.9 Å². The summed E-state index contributed by atoms with van der Waals surface area (Å²) in [6, 6.07) is 9.48. The molecule has 1 aliphatic heterocycles. The summed E-state index contributed by atoms with van der Waals surface area (Å²) in [6.07, 6.45) is 3.33. The summed E-state index contributed by atoms with van der Waals surface area (Å²) >= 11 is 0. The molecular weight excluding hydrogens is 236 g/mol. The maximum atomic E-state index is 10.9. The van der Waals surface area contributed by atoms with E-state index in [4.69, 9.17) is 5.26 Å². The molecule has 1 heterocycles. The Hall–Kier alpha value is -1.37. The molecule has 102 valence electrons. The van der Waals surface area contributed by atoms with E-state index in [1.54, 1.807) is 12.1 Å². The normalized spacial score (nSPS) is 26.4. The molecule has 2 N–H and O–H groups in total. The Balaban J connectivity index is 2.23. The third-order valence-corrected chi connectivity index (χ3v) is 4.34. The van der Waals surface area contributed by atoms with Gasteiger partial charge >= 0.3 is 0 Å². The van der Waals surface area contributed by atoms with Gasteiger partial charge in [-0.1, -0.05) is 25.5 Å². The molecule has 0 spiro atoms.